The monoisotopic (exact) mass is 359 g/mol. The maximum absolute atomic E-state index is 5.52. The summed E-state index contributed by atoms with van der Waals surface area (Å²) in [6.07, 6.45) is 2.51. The zero-order chi connectivity index (χ0) is 15.7. The molecule has 0 spiro atoms. The smallest absolute Gasteiger partial charge is 0.161 e. The standard InChI is InChI=1S/C16H26BrNO3/c1-12(2)21-8-6-5-7-18-11-13-9-15(19-3)16(20-4)10-14(13)17/h9-10,12,18H,5-8,11H2,1-4H3. The van der Waals surface area contributed by atoms with Gasteiger partial charge in [0.1, 0.15) is 0 Å². The number of unbranched alkanes of at least 4 members (excludes halogenated alkanes) is 1. The Hall–Kier alpha value is -0.780. The lowest BCUT2D eigenvalue weighted by molar-refractivity contribution is 0.0760. The number of methoxy groups -OCH3 is 2. The quantitative estimate of drug-likeness (QED) is 0.645. The predicted molar refractivity (Wildman–Crippen MR) is 89.3 cm³/mol. The van der Waals surface area contributed by atoms with Crippen molar-refractivity contribution in [2.24, 2.45) is 0 Å². The van der Waals surface area contributed by atoms with Crippen LogP contribution >= 0.6 is 15.9 Å². The zero-order valence-corrected chi connectivity index (χ0v) is 15.0. The Labute approximate surface area is 136 Å². The van der Waals surface area contributed by atoms with Gasteiger partial charge in [-0.15, -0.1) is 0 Å². The lowest BCUT2D eigenvalue weighted by Crippen LogP contribution is -2.16. The van der Waals surface area contributed by atoms with Crippen LogP contribution in [0, 0.1) is 0 Å². The molecule has 0 aliphatic carbocycles. The minimum Gasteiger partial charge on any atom is -0.493 e. The van der Waals surface area contributed by atoms with E-state index < -0.39 is 0 Å². The van der Waals surface area contributed by atoms with Gasteiger partial charge < -0.3 is 19.5 Å². The van der Waals surface area contributed by atoms with Crippen LogP contribution in [0.3, 0.4) is 0 Å². The Morgan fingerprint density at radius 1 is 1.10 bits per heavy atom. The van der Waals surface area contributed by atoms with Crippen molar-refractivity contribution in [1.29, 1.82) is 0 Å². The van der Waals surface area contributed by atoms with E-state index >= 15 is 0 Å². The van der Waals surface area contributed by atoms with Crippen LogP contribution < -0.4 is 14.8 Å². The van der Waals surface area contributed by atoms with Crippen LogP contribution in [0.2, 0.25) is 0 Å². The van der Waals surface area contributed by atoms with E-state index in [4.69, 9.17) is 14.2 Å². The summed E-state index contributed by atoms with van der Waals surface area (Å²) in [5, 5.41) is 3.44. The molecule has 4 nitrogen and oxygen atoms in total. The van der Waals surface area contributed by atoms with Crippen LogP contribution in [0.1, 0.15) is 32.3 Å². The number of ether oxygens (including phenoxy) is 3. The number of rotatable bonds is 10. The molecule has 5 heteroatoms. The van der Waals surface area contributed by atoms with Crippen molar-refractivity contribution in [2.45, 2.75) is 39.3 Å². The summed E-state index contributed by atoms with van der Waals surface area (Å²) in [5.41, 5.74) is 1.16. The van der Waals surface area contributed by atoms with E-state index in [9.17, 15) is 0 Å². The summed E-state index contributed by atoms with van der Waals surface area (Å²) < 4.78 is 17.1. The summed E-state index contributed by atoms with van der Waals surface area (Å²) in [5.74, 6) is 1.49. The normalized spacial score (nSPS) is 11.0. The third-order valence-corrected chi connectivity index (χ3v) is 3.81. The fourth-order valence-electron chi connectivity index (χ4n) is 1.93. The molecule has 120 valence electrons. The number of hydrogen-bond donors (Lipinski definition) is 1. The lowest BCUT2D eigenvalue weighted by atomic mass is 10.2. The molecule has 0 bridgehead atoms. The highest BCUT2D eigenvalue weighted by Crippen LogP contribution is 2.33. The Morgan fingerprint density at radius 3 is 2.38 bits per heavy atom. The molecule has 0 saturated heterocycles. The molecule has 1 aromatic carbocycles. The van der Waals surface area contributed by atoms with Gasteiger partial charge in [0.2, 0.25) is 0 Å². The second kappa shape index (κ2) is 10.0. The third kappa shape index (κ3) is 6.68. The summed E-state index contributed by atoms with van der Waals surface area (Å²) in [4.78, 5) is 0. The van der Waals surface area contributed by atoms with Crippen molar-refractivity contribution in [3.8, 4) is 11.5 Å². The summed E-state index contributed by atoms with van der Waals surface area (Å²) in [7, 11) is 3.29. The Kier molecular flexibility index (Phi) is 8.73. The maximum Gasteiger partial charge on any atom is 0.161 e. The van der Waals surface area contributed by atoms with Crippen molar-refractivity contribution in [3.63, 3.8) is 0 Å². The summed E-state index contributed by atoms with van der Waals surface area (Å²) >= 11 is 3.57. The molecular formula is C16H26BrNO3. The lowest BCUT2D eigenvalue weighted by Gasteiger charge is -2.12. The molecule has 0 saturated carbocycles. The van der Waals surface area contributed by atoms with Crippen LogP contribution in [0.5, 0.6) is 11.5 Å². The molecule has 0 atom stereocenters. The van der Waals surface area contributed by atoms with E-state index in [0.29, 0.717) is 6.10 Å². The van der Waals surface area contributed by atoms with Crippen molar-refractivity contribution >= 4 is 15.9 Å². The number of hydrogen-bond acceptors (Lipinski definition) is 4. The van der Waals surface area contributed by atoms with E-state index in [1.807, 2.05) is 12.1 Å². The van der Waals surface area contributed by atoms with Crippen molar-refractivity contribution in [1.82, 2.24) is 5.32 Å². The molecule has 0 fully saturated rings. The minimum absolute atomic E-state index is 0.320. The molecule has 0 radical (unpaired) electrons. The predicted octanol–water partition coefficient (Wildman–Crippen LogP) is 3.76. The Bertz CT molecular complexity index is 424. The molecule has 1 rings (SSSR count). The molecule has 0 amide bonds. The zero-order valence-electron chi connectivity index (χ0n) is 13.4. The second-order valence-electron chi connectivity index (χ2n) is 5.10. The Balaban J connectivity index is 2.35. The Morgan fingerprint density at radius 2 is 1.76 bits per heavy atom. The first-order valence-corrected chi connectivity index (χ1v) is 8.10. The first kappa shape index (κ1) is 18.3. The minimum atomic E-state index is 0.320. The largest absolute Gasteiger partial charge is 0.493 e. The summed E-state index contributed by atoms with van der Waals surface area (Å²) in [6, 6.07) is 3.93. The highest BCUT2D eigenvalue weighted by molar-refractivity contribution is 9.10. The van der Waals surface area contributed by atoms with Gasteiger partial charge in [-0.2, -0.15) is 0 Å². The van der Waals surface area contributed by atoms with E-state index in [2.05, 4.69) is 35.1 Å². The van der Waals surface area contributed by atoms with Crippen LogP contribution in [0.15, 0.2) is 16.6 Å². The fourth-order valence-corrected chi connectivity index (χ4v) is 2.39. The summed E-state index contributed by atoms with van der Waals surface area (Å²) in [6.45, 7) is 6.73. The molecule has 0 aromatic heterocycles. The SMILES string of the molecule is COc1cc(Br)c(CNCCCCOC(C)C)cc1OC. The van der Waals surface area contributed by atoms with Gasteiger partial charge in [-0.25, -0.2) is 0 Å². The molecule has 1 aromatic rings. The first-order valence-electron chi connectivity index (χ1n) is 7.31. The topological polar surface area (TPSA) is 39.7 Å². The highest BCUT2D eigenvalue weighted by atomic mass is 79.9. The number of nitrogens with one attached hydrogen (secondary N) is 1. The van der Waals surface area contributed by atoms with E-state index in [1.165, 1.54) is 0 Å². The van der Waals surface area contributed by atoms with Gasteiger partial charge in [-0.1, -0.05) is 15.9 Å². The van der Waals surface area contributed by atoms with Gasteiger partial charge in [0.25, 0.3) is 0 Å². The van der Waals surface area contributed by atoms with E-state index in [0.717, 1.165) is 54.1 Å². The molecule has 0 aliphatic heterocycles. The average molecular weight is 360 g/mol. The van der Waals surface area contributed by atoms with Crippen molar-refractivity contribution in [3.05, 3.63) is 22.2 Å². The van der Waals surface area contributed by atoms with Gasteiger partial charge >= 0.3 is 0 Å². The van der Waals surface area contributed by atoms with Gasteiger partial charge in [0.15, 0.2) is 11.5 Å². The second-order valence-corrected chi connectivity index (χ2v) is 5.96. The number of benzene rings is 1. The van der Waals surface area contributed by atoms with Crippen LogP contribution in [0.25, 0.3) is 0 Å². The van der Waals surface area contributed by atoms with E-state index in [1.54, 1.807) is 14.2 Å². The number of halogens is 1. The van der Waals surface area contributed by atoms with Gasteiger partial charge in [0.05, 0.1) is 20.3 Å². The van der Waals surface area contributed by atoms with Crippen molar-refractivity contribution < 1.29 is 14.2 Å². The first-order chi connectivity index (χ1) is 10.1. The van der Waals surface area contributed by atoms with Crippen LogP contribution in [0.4, 0.5) is 0 Å². The van der Waals surface area contributed by atoms with Gasteiger partial charge in [-0.3, -0.25) is 0 Å². The van der Waals surface area contributed by atoms with Crippen molar-refractivity contribution in [2.75, 3.05) is 27.4 Å². The van der Waals surface area contributed by atoms with Crippen LogP contribution in [-0.2, 0) is 11.3 Å². The van der Waals surface area contributed by atoms with E-state index in [-0.39, 0.29) is 0 Å². The molecule has 0 heterocycles. The van der Waals surface area contributed by atoms with Gasteiger partial charge in [-0.05, 0) is 50.9 Å². The fraction of sp³-hybridized carbons (Fsp3) is 0.625. The third-order valence-electron chi connectivity index (χ3n) is 3.07. The maximum atomic E-state index is 5.52. The molecule has 21 heavy (non-hydrogen) atoms. The average Bonchev–Trinajstić information content (AvgIpc) is 2.46. The van der Waals surface area contributed by atoms with Crippen LogP contribution in [-0.4, -0.2) is 33.5 Å². The van der Waals surface area contributed by atoms with Gasteiger partial charge in [0, 0.05) is 17.6 Å². The molecule has 0 aliphatic rings. The molecule has 1 N–H and O–H groups in total. The highest BCUT2D eigenvalue weighted by Gasteiger charge is 2.09. The molecular weight excluding hydrogens is 334 g/mol. The molecule has 0 unspecified atom stereocenters.